The Kier molecular flexibility index (Phi) is 4.94. The van der Waals surface area contributed by atoms with Gasteiger partial charge in [-0.25, -0.2) is 14.4 Å². The molecule has 2 aliphatic rings. The van der Waals surface area contributed by atoms with Crippen LogP contribution < -0.4 is 0 Å². The van der Waals surface area contributed by atoms with E-state index in [2.05, 4.69) is 4.74 Å². The van der Waals surface area contributed by atoms with Crippen molar-refractivity contribution in [2.75, 3.05) is 32.6 Å². The van der Waals surface area contributed by atoms with Crippen molar-refractivity contribution in [3.05, 3.63) is 0 Å². The van der Waals surface area contributed by atoms with Gasteiger partial charge in [0.05, 0.1) is 25.7 Å². The average molecular weight is 318 g/mol. The molecule has 0 aromatic carbocycles. The third kappa shape index (κ3) is 3.08. The zero-order valence-electron chi connectivity index (χ0n) is 11.9. The zero-order chi connectivity index (χ0) is 15.6. The summed E-state index contributed by atoms with van der Waals surface area (Å²) in [4.78, 5) is 38.4. The van der Waals surface area contributed by atoms with Crippen molar-refractivity contribution in [3.8, 4) is 0 Å². The van der Waals surface area contributed by atoms with Crippen LogP contribution in [-0.4, -0.2) is 83.0 Å². The summed E-state index contributed by atoms with van der Waals surface area (Å²) in [6.45, 7) is 2.38. The minimum Gasteiger partial charge on any atom is -0.480 e. The Labute approximate surface area is 126 Å². The van der Waals surface area contributed by atoms with Gasteiger partial charge in [-0.05, 0) is 6.92 Å². The Balaban J connectivity index is 2.19. The molecule has 0 aliphatic carbocycles. The number of esters is 1. The summed E-state index contributed by atoms with van der Waals surface area (Å²) in [5.74, 6) is -1.26. The smallest absolute Gasteiger partial charge is 0.331 e. The van der Waals surface area contributed by atoms with Crippen molar-refractivity contribution < 1.29 is 29.0 Å². The molecule has 0 aromatic rings. The normalized spacial score (nSPS) is 29.3. The van der Waals surface area contributed by atoms with Crippen LogP contribution in [0.3, 0.4) is 0 Å². The summed E-state index contributed by atoms with van der Waals surface area (Å²) in [7, 11) is 1.24. The SMILES string of the molecule is COC(=O)C1COCCN1C(=O)N1C(C)SCC1C(=O)O. The number of carbonyl (C=O) groups is 3. The molecule has 2 amide bonds. The molecule has 2 heterocycles. The van der Waals surface area contributed by atoms with E-state index in [1.54, 1.807) is 6.92 Å². The summed E-state index contributed by atoms with van der Waals surface area (Å²) in [6, 6.07) is -2.17. The van der Waals surface area contributed by atoms with Crippen LogP contribution >= 0.6 is 11.8 Å². The Morgan fingerprint density at radius 3 is 2.67 bits per heavy atom. The molecule has 0 bridgehead atoms. The van der Waals surface area contributed by atoms with E-state index >= 15 is 0 Å². The fourth-order valence-corrected chi connectivity index (χ4v) is 3.60. The Morgan fingerprint density at radius 1 is 1.33 bits per heavy atom. The van der Waals surface area contributed by atoms with Crippen molar-refractivity contribution in [2.45, 2.75) is 24.4 Å². The number of nitrogens with zero attached hydrogens (tertiary/aromatic N) is 2. The van der Waals surface area contributed by atoms with E-state index in [4.69, 9.17) is 4.74 Å². The monoisotopic (exact) mass is 318 g/mol. The first-order valence-electron chi connectivity index (χ1n) is 6.56. The lowest BCUT2D eigenvalue weighted by Crippen LogP contribution is -2.59. The minimum absolute atomic E-state index is 0.0610. The summed E-state index contributed by atoms with van der Waals surface area (Å²) >= 11 is 1.40. The van der Waals surface area contributed by atoms with Crippen LogP contribution in [0.15, 0.2) is 0 Å². The molecule has 21 heavy (non-hydrogen) atoms. The highest BCUT2D eigenvalue weighted by Crippen LogP contribution is 2.30. The van der Waals surface area contributed by atoms with Gasteiger partial charge in [-0.2, -0.15) is 0 Å². The molecule has 0 saturated carbocycles. The van der Waals surface area contributed by atoms with Crippen LogP contribution in [0.5, 0.6) is 0 Å². The quantitative estimate of drug-likeness (QED) is 0.706. The standard InChI is InChI=1S/C12H18N2O6S/c1-7-14(9(6-21-7)10(15)16)12(18)13-3-4-20-5-8(13)11(17)19-2/h7-9H,3-6H2,1-2H3,(H,15,16). The fraction of sp³-hybridized carbons (Fsp3) is 0.750. The van der Waals surface area contributed by atoms with Gasteiger partial charge in [-0.1, -0.05) is 0 Å². The van der Waals surface area contributed by atoms with Gasteiger partial charge in [-0.3, -0.25) is 4.90 Å². The van der Waals surface area contributed by atoms with Gasteiger partial charge in [0.25, 0.3) is 0 Å². The van der Waals surface area contributed by atoms with Gasteiger partial charge in [0.15, 0.2) is 6.04 Å². The van der Waals surface area contributed by atoms with E-state index in [0.29, 0.717) is 12.4 Å². The molecule has 3 unspecified atom stereocenters. The number of thioether (sulfide) groups is 1. The van der Waals surface area contributed by atoms with Gasteiger partial charge in [0.1, 0.15) is 6.04 Å². The Bertz CT molecular complexity index is 445. The highest BCUT2D eigenvalue weighted by molar-refractivity contribution is 8.00. The molecular weight excluding hydrogens is 300 g/mol. The Hall–Kier alpha value is -1.48. The molecule has 2 fully saturated rings. The van der Waals surface area contributed by atoms with Crippen molar-refractivity contribution in [2.24, 2.45) is 0 Å². The van der Waals surface area contributed by atoms with Crippen LogP contribution in [0.25, 0.3) is 0 Å². The van der Waals surface area contributed by atoms with E-state index in [-0.39, 0.29) is 18.5 Å². The van der Waals surface area contributed by atoms with Gasteiger partial charge >= 0.3 is 18.0 Å². The van der Waals surface area contributed by atoms with Gasteiger partial charge in [0.2, 0.25) is 0 Å². The maximum atomic E-state index is 12.7. The lowest BCUT2D eigenvalue weighted by molar-refractivity contribution is -0.151. The number of carboxylic acid groups (broad SMARTS) is 1. The number of ether oxygens (including phenoxy) is 2. The van der Waals surface area contributed by atoms with E-state index in [0.717, 1.165) is 0 Å². The molecule has 118 valence electrons. The van der Waals surface area contributed by atoms with Crippen LogP contribution in [0, 0.1) is 0 Å². The molecule has 2 rings (SSSR count). The van der Waals surface area contributed by atoms with Crippen molar-refractivity contribution >= 4 is 29.7 Å². The number of carbonyl (C=O) groups excluding carboxylic acids is 2. The highest BCUT2D eigenvalue weighted by atomic mass is 32.2. The first kappa shape index (κ1) is 15.9. The molecule has 3 atom stereocenters. The molecule has 2 aliphatic heterocycles. The van der Waals surface area contributed by atoms with E-state index in [1.165, 1.54) is 28.7 Å². The molecule has 1 N–H and O–H groups in total. The summed E-state index contributed by atoms with van der Waals surface area (Å²) in [6.07, 6.45) is 0. The molecule has 0 radical (unpaired) electrons. The zero-order valence-corrected chi connectivity index (χ0v) is 12.7. The predicted octanol–water partition coefficient (Wildman–Crippen LogP) is -0.172. The molecule has 8 nitrogen and oxygen atoms in total. The minimum atomic E-state index is -1.04. The maximum absolute atomic E-state index is 12.7. The number of methoxy groups -OCH3 is 1. The molecular formula is C12H18N2O6S. The van der Waals surface area contributed by atoms with Crippen LogP contribution in [0.4, 0.5) is 4.79 Å². The fourth-order valence-electron chi connectivity index (χ4n) is 2.44. The highest BCUT2D eigenvalue weighted by Gasteiger charge is 2.44. The number of carboxylic acids is 1. The van der Waals surface area contributed by atoms with Gasteiger partial charge < -0.3 is 19.5 Å². The second-order valence-electron chi connectivity index (χ2n) is 4.78. The first-order valence-corrected chi connectivity index (χ1v) is 7.61. The maximum Gasteiger partial charge on any atom is 0.331 e. The topological polar surface area (TPSA) is 96.4 Å². The number of rotatable bonds is 2. The largest absolute Gasteiger partial charge is 0.480 e. The summed E-state index contributed by atoms with van der Waals surface area (Å²) in [5.41, 5.74) is 0. The van der Waals surface area contributed by atoms with E-state index in [9.17, 15) is 19.5 Å². The first-order chi connectivity index (χ1) is 9.97. The molecule has 2 saturated heterocycles. The molecule has 9 heteroatoms. The summed E-state index contributed by atoms with van der Waals surface area (Å²) in [5, 5.41) is 8.98. The second-order valence-corrected chi connectivity index (χ2v) is 6.13. The number of aliphatic carboxylic acids is 1. The van der Waals surface area contributed by atoms with E-state index in [1.807, 2.05) is 0 Å². The number of morpholine rings is 1. The lowest BCUT2D eigenvalue weighted by Gasteiger charge is -2.38. The third-order valence-electron chi connectivity index (χ3n) is 3.58. The van der Waals surface area contributed by atoms with Crippen LogP contribution in [0.1, 0.15) is 6.92 Å². The van der Waals surface area contributed by atoms with Gasteiger partial charge in [-0.15, -0.1) is 11.8 Å². The average Bonchev–Trinajstić information content (AvgIpc) is 2.87. The number of urea groups is 1. The van der Waals surface area contributed by atoms with Crippen molar-refractivity contribution in [3.63, 3.8) is 0 Å². The van der Waals surface area contributed by atoms with Gasteiger partial charge in [0, 0.05) is 12.3 Å². The van der Waals surface area contributed by atoms with Crippen LogP contribution in [-0.2, 0) is 19.1 Å². The summed E-state index contributed by atoms with van der Waals surface area (Å²) < 4.78 is 9.90. The van der Waals surface area contributed by atoms with E-state index < -0.39 is 30.1 Å². The van der Waals surface area contributed by atoms with Crippen molar-refractivity contribution in [1.82, 2.24) is 9.80 Å². The molecule has 0 spiro atoms. The van der Waals surface area contributed by atoms with Crippen LogP contribution in [0.2, 0.25) is 0 Å². The number of hydrogen-bond donors (Lipinski definition) is 1. The second kappa shape index (κ2) is 6.52. The predicted molar refractivity (Wildman–Crippen MR) is 73.9 cm³/mol. The van der Waals surface area contributed by atoms with Crippen molar-refractivity contribution in [1.29, 1.82) is 0 Å². The Morgan fingerprint density at radius 2 is 2.05 bits per heavy atom. The third-order valence-corrected chi connectivity index (χ3v) is 4.79. The lowest BCUT2D eigenvalue weighted by atomic mass is 10.2. The molecule has 0 aromatic heterocycles. The number of amides is 2. The number of hydrogen-bond acceptors (Lipinski definition) is 6.